The Kier molecular flexibility index (Phi) is 5.10. The fraction of sp³-hybridized carbons (Fsp3) is 0. The zero-order chi connectivity index (χ0) is 26.5. The maximum atomic E-state index is 6.46. The molecular weight excluding hydrogens is 494 g/mol. The molecule has 2 heterocycles. The average Bonchev–Trinajstić information content (AvgIpc) is 3.40. The van der Waals surface area contributed by atoms with Gasteiger partial charge in [-0.2, -0.15) is 0 Å². The Labute approximate surface area is 231 Å². The summed E-state index contributed by atoms with van der Waals surface area (Å²) >= 11 is 0. The highest BCUT2D eigenvalue weighted by molar-refractivity contribution is 6.10. The molecule has 40 heavy (non-hydrogen) atoms. The summed E-state index contributed by atoms with van der Waals surface area (Å²) < 4.78 is 18.9. The Morgan fingerprint density at radius 2 is 1.05 bits per heavy atom. The predicted octanol–water partition coefficient (Wildman–Crippen LogP) is 10.6. The van der Waals surface area contributed by atoms with Crippen LogP contribution in [0, 0.1) is 0 Å². The zero-order valence-corrected chi connectivity index (χ0v) is 21.5. The van der Waals surface area contributed by atoms with Crippen LogP contribution in [0.5, 0.6) is 23.0 Å². The van der Waals surface area contributed by atoms with E-state index in [1.165, 1.54) is 5.56 Å². The lowest BCUT2D eigenvalue weighted by Crippen LogP contribution is -2.11. The van der Waals surface area contributed by atoms with Crippen molar-refractivity contribution >= 4 is 39.0 Å². The van der Waals surface area contributed by atoms with E-state index in [1.54, 1.807) is 0 Å². The smallest absolute Gasteiger partial charge is 0.172 e. The minimum atomic E-state index is 0.666. The normalized spacial score (nSPS) is 11.9. The van der Waals surface area contributed by atoms with E-state index >= 15 is 0 Å². The van der Waals surface area contributed by atoms with Crippen LogP contribution in [0.2, 0.25) is 0 Å². The number of para-hydroxylation sites is 4. The Bertz CT molecular complexity index is 2010. The molecule has 4 heteroatoms. The van der Waals surface area contributed by atoms with Gasteiger partial charge in [0.1, 0.15) is 5.58 Å². The van der Waals surface area contributed by atoms with Gasteiger partial charge in [0.05, 0.1) is 11.4 Å². The van der Waals surface area contributed by atoms with Crippen molar-refractivity contribution in [2.24, 2.45) is 0 Å². The molecule has 4 nitrogen and oxygen atoms in total. The van der Waals surface area contributed by atoms with Gasteiger partial charge in [0, 0.05) is 22.5 Å². The Balaban J connectivity index is 1.30. The van der Waals surface area contributed by atoms with Gasteiger partial charge in [0.2, 0.25) is 0 Å². The lowest BCUT2D eigenvalue weighted by atomic mass is 10.0. The molecule has 1 aliphatic rings. The molecule has 0 fully saturated rings. The first-order chi connectivity index (χ1) is 19.8. The van der Waals surface area contributed by atoms with Crippen molar-refractivity contribution in [1.82, 2.24) is 0 Å². The van der Waals surface area contributed by atoms with Crippen LogP contribution in [-0.2, 0) is 0 Å². The van der Waals surface area contributed by atoms with Gasteiger partial charge in [-0.05, 0) is 59.7 Å². The van der Waals surface area contributed by atoms with Gasteiger partial charge < -0.3 is 18.8 Å². The minimum Gasteiger partial charge on any atom is -0.454 e. The molecule has 0 radical (unpaired) electrons. The molecule has 0 N–H and O–H groups in total. The maximum Gasteiger partial charge on any atom is 0.172 e. The van der Waals surface area contributed by atoms with Crippen LogP contribution < -0.4 is 14.4 Å². The molecule has 6 aromatic carbocycles. The summed E-state index contributed by atoms with van der Waals surface area (Å²) in [6.45, 7) is 0. The van der Waals surface area contributed by atoms with Gasteiger partial charge in [0.25, 0.3) is 0 Å². The summed E-state index contributed by atoms with van der Waals surface area (Å²) in [5, 5.41) is 2.17. The maximum absolute atomic E-state index is 6.46. The highest BCUT2D eigenvalue weighted by Gasteiger charge is 2.23. The molecule has 0 saturated carbocycles. The predicted molar refractivity (Wildman–Crippen MR) is 160 cm³/mol. The first-order valence-electron chi connectivity index (χ1n) is 13.3. The van der Waals surface area contributed by atoms with Crippen LogP contribution in [-0.4, -0.2) is 0 Å². The van der Waals surface area contributed by atoms with E-state index in [1.807, 2.05) is 60.7 Å². The van der Waals surface area contributed by atoms with Gasteiger partial charge >= 0.3 is 0 Å². The lowest BCUT2D eigenvalue weighted by molar-refractivity contribution is 0.360. The van der Waals surface area contributed by atoms with Crippen LogP contribution in [0.25, 0.3) is 33.1 Å². The summed E-state index contributed by atoms with van der Waals surface area (Å²) in [4.78, 5) is 2.21. The number of furan rings is 1. The third kappa shape index (κ3) is 3.69. The van der Waals surface area contributed by atoms with Gasteiger partial charge in [-0.25, -0.2) is 0 Å². The van der Waals surface area contributed by atoms with E-state index in [0.29, 0.717) is 23.0 Å². The number of ether oxygens (including phenoxy) is 2. The summed E-state index contributed by atoms with van der Waals surface area (Å²) in [5.41, 5.74) is 6.91. The number of fused-ring (bicyclic) bond motifs is 5. The third-order valence-corrected chi connectivity index (χ3v) is 7.33. The highest BCUT2D eigenvalue weighted by atomic mass is 16.6. The zero-order valence-electron chi connectivity index (χ0n) is 21.5. The van der Waals surface area contributed by atoms with E-state index in [-0.39, 0.29) is 0 Å². The van der Waals surface area contributed by atoms with Crippen molar-refractivity contribution in [2.75, 3.05) is 4.90 Å². The van der Waals surface area contributed by atoms with Crippen LogP contribution in [0.15, 0.2) is 144 Å². The van der Waals surface area contributed by atoms with Crippen LogP contribution in [0.4, 0.5) is 17.1 Å². The van der Waals surface area contributed by atoms with E-state index < -0.39 is 0 Å². The summed E-state index contributed by atoms with van der Waals surface area (Å²) in [6.07, 6.45) is 0. The molecule has 0 aliphatic carbocycles. The second-order valence-corrected chi connectivity index (χ2v) is 9.78. The molecule has 0 unspecified atom stereocenters. The first kappa shape index (κ1) is 22.5. The number of anilines is 3. The van der Waals surface area contributed by atoms with E-state index in [4.69, 9.17) is 13.9 Å². The molecule has 0 spiro atoms. The van der Waals surface area contributed by atoms with E-state index in [0.717, 1.165) is 44.6 Å². The number of benzene rings is 6. The van der Waals surface area contributed by atoms with Gasteiger partial charge in [-0.3, -0.25) is 0 Å². The van der Waals surface area contributed by atoms with Gasteiger partial charge in [-0.15, -0.1) is 0 Å². The number of hydrogen-bond donors (Lipinski definition) is 0. The van der Waals surface area contributed by atoms with Crippen LogP contribution >= 0.6 is 0 Å². The molecule has 7 aromatic rings. The summed E-state index contributed by atoms with van der Waals surface area (Å²) in [7, 11) is 0. The first-order valence-corrected chi connectivity index (χ1v) is 13.3. The number of rotatable bonds is 4. The van der Waals surface area contributed by atoms with Crippen molar-refractivity contribution in [3.8, 4) is 34.1 Å². The summed E-state index contributed by atoms with van der Waals surface area (Å²) in [5.74, 6) is 2.76. The highest BCUT2D eigenvalue weighted by Crippen LogP contribution is 2.49. The van der Waals surface area contributed by atoms with Crippen molar-refractivity contribution in [1.29, 1.82) is 0 Å². The second kappa shape index (κ2) is 9.07. The SMILES string of the molecule is c1ccc(-c2ccc(N(c3ccc4c(c3)Oc3ccccc3O4)c3cccc4c3oc3ccccc34)cc2)cc1. The molecule has 0 saturated heterocycles. The average molecular weight is 518 g/mol. The fourth-order valence-corrected chi connectivity index (χ4v) is 5.42. The Morgan fingerprint density at radius 3 is 1.88 bits per heavy atom. The van der Waals surface area contributed by atoms with E-state index in [2.05, 4.69) is 83.8 Å². The molecule has 1 aliphatic heterocycles. The largest absolute Gasteiger partial charge is 0.454 e. The number of nitrogens with zero attached hydrogens (tertiary/aromatic N) is 1. The lowest BCUT2D eigenvalue weighted by Gasteiger charge is -2.27. The van der Waals surface area contributed by atoms with Crippen molar-refractivity contribution in [3.05, 3.63) is 140 Å². The fourth-order valence-electron chi connectivity index (χ4n) is 5.42. The Morgan fingerprint density at radius 1 is 0.425 bits per heavy atom. The quantitative estimate of drug-likeness (QED) is 0.233. The molecule has 1 aromatic heterocycles. The molecular formula is C36H23NO3. The number of hydrogen-bond acceptors (Lipinski definition) is 4. The van der Waals surface area contributed by atoms with Crippen molar-refractivity contribution in [2.45, 2.75) is 0 Å². The molecule has 0 atom stereocenters. The topological polar surface area (TPSA) is 34.8 Å². The van der Waals surface area contributed by atoms with Crippen molar-refractivity contribution in [3.63, 3.8) is 0 Å². The monoisotopic (exact) mass is 517 g/mol. The van der Waals surface area contributed by atoms with E-state index in [9.17, 15) is 0 Å². The molecule has 0 bridgehead atoms. The molecule has 0 amide bonds. The third-order valence-electron chi connectivity index (χ3n) is 7.33. The molecule has 190 valence electrons. The summed E-state index contributed by atoms with van der Waals surface area (Å²) in [6, 6.07) is 47.2. The molecule has 8 rings (SSSR count). The minimum absolute atomic E-state index is 0.666. The van der Waals surface area contributed by atoms with Gasteiger partial charge in [-0.1, -0.05) is 84.9 Å². The van der Waals surface area contributed by atoms with Gasteiger partial charge in [0.15, 0.2) is 28.6 Å². The standard InChI is InChI=1S/C36H23NO3/c1-2-9-24(10-3-1)25-17-19-26(20-18-25)37(30-13-8-12-29-28-11-4-5-14-31(28)40-36(29)30)27-21-22-34-35(23-27)39-33-16-7-6-15-32(33)38-34/h1-23H. The Hall–Kier alpha value is -5.48. The second-order valence-electron chi connectivity index (χ2n) is 9.78. The van der Waals surface area contributed by atoms with Crippen LogP contribution in [0.1, 0.15) is 0 Å². The van der Waals surface area contributed by atoms with Crippen LogP contribution in [0.3, 0.4) is 0 Å². The van der Waals surface area contributed by atoms with Crippen molar-refractivity contribution < 1.29 is 13.9 Å².